The molecule has 6 nitrogen and oxygen atoms in total. The molecule has 26 heavy (non-hydrogen) atoms. The summed E-state index contributed by atoms with van der Waals surface area (Å²) in [5.74, 6) is 0.510. The largest absolute Gasteiger partial charge is 0.497 e. The first-order chi connectivity index (χ1) is 12.4. The van der Waals surface area contributed by atoms with Crippen LogP contribution in [0.2, 0.25) is 0 Å². The molecule has 0 heterocycles. The van der Waals surface area contributed by atoms with Crippen LogP contribution in [0.5, 0.6) is 5.75 Å². The number of allylic oxidation sites excluding steroid dienone is 1. The van der Waals surface area contributed by atoms with Gasteiger partial charge in [-0.3, -0.25) is 4.79 Å². The molecule has 0 aliphatic heterocycles. The molecule has 1 unspecified atom stereocenters. The van der Waals surface area contributed by atoms with Gasteiger partial charge in [0, 0.05) is 13.0 Å². The van der Waals surface area contributed by atoms with E-state index in [9.17, 15) is 13.2 Å². The molecule has 1 atom stereocenters. The lowest BCUT2D eigenvalue weighted by Crippen LogP contribution is -2.33. The molecular weight excluding hydrogens is 352 g/mol. The van der Waals surface area contributed by atoms with Crippen molar-refractivity contribution in [2.75, 3.05) is 19.9 Å². The van der Waals surface area contributed by atoms with E-state index in [0.29, 0.717) is 12.3 Å². The molecule has 1 aliphatic carbocycles. The molecule has 2 rings (SSSR count). The molecule has 0 bridgehead atoms. The van der Waals surface area contributed by atoms with Gasteiger partial charge in [-0.15, -0.1) is 0 Å². The normalized spacial score (nSPS) is 15.8. The highest BCUT2D eigenvalue weighted by Gasteiger charge is 2.20. The topological polar surface area (TPSA) is 84.5 Å². The van der Waals surface area contributed by atoms with Crippen LogP contribution in [0, 0.1) is 0 Å². The number of ether oxygens (including phenoxy) is 1. The van der Waals surface area contributed by atoms with Gasteiger partial charge in [0.2, 0.25) is 15.9 Å². The maximum absolute atomic E-state index is 12.3. The molecule has 1 aromatic carbocycles. The quantitative estimate of drug-likeness (QED) is 0.645. The summed E-state index contributed by atoms with van der Waals surface area (Å²) in [4.78, 5) is 12.3. The highest BCUT2D eigenvalue weighted by molar-refractivity contribution is 7.88. The van der Waals surface area contributed by atoms with Crippen molar-refractivity contribution < 1.29 is 17.9 Å². The Morgan fingerprint density at radius 1 is 1.23 bits per heavy atom. The summed E-state index contributed by atoms with van der Waals surface area (Å²) in [6.45, 7) is 0.582. The molecule has 1 amide bonds. The first-order valence-electron chi connectivity index (χ1n) is 8.93. The van der Waals surface area contributed by atoms with Gasteiger partial charge < -0.3 is 10.1 Å². The number of carbonyl (C=O) groups is 1. The number of carbonyl (C=O) groups excluding carboxylic acids is 1. The highest BCUT2D eigenvalue weighted by atomic mass is 32.2. The van der Waals surface area contributed by atoms with E-state index >= 15 is 0 Å². The lowest BCUT2D eigenvalue weighted by atomic mass is 9.97. The summed E-state index contributed by atoms with van der Waals surface area (Å²) < 4.78 is 31.0. The van der Waals surface area contributed by atoms with Crippen molar-refractivity contribution in [1.82, 2.24) is 10.0 Å². The van der Waals surface area contributed by atoms with E-state index in [-0.39, 0.29) is 12.3 Å². The van der Waals surface area contributed by atoms with Crippen molar-refractivity contribution in [3.05, 3.63) is 41.5 Å². The number of rotatable bonds is 9. The molecule has 1 aliphatic rings. The van der Waals surface area contributed by atoms with Crippen molar-refractivity contribution in [3.63, 3.8) is 0 Å². The van der Waals surface area contributed by atoms with Gasteiger partial charge >= 0.3 is 0 Å². The van der Waals surface area contributed by atoms with Crippen LogP contribution >= 0.6 is 0 Å². The predicted molar refractivity (Wildman–Crippen MR) is 103 cm³/mol. The molecule has 2 N–H and O–H groups in total. The number of hydrogen-bond donors (Lipinski definition) is 2. The minimum atomic E-state index is -3.44. The Balaban J connectivity index is 1.94. The number of hydrogen-bond acceptors (Lipinski definition) is 4. The van der Waals surface area contributed by atoms with Crippen LogP contribution < -0.4 is 14.8 Å². The van der Waals surface area contributed by atoms with E-state index in [1.54, 1.807) is 31.4 Å². The number of nitrogens with one attached hydrogen (secondary N) is 2. The lowest BCUT2D eigenvalue weighted by Gasteiger charge is -2.18. The molecule has 0 aromatic heterocycles. The third-order valence-electron chi connectivity index (χ3n) is 4.42. The van der Waals surface area contributed by atoms with Gasteiger partial charge in [-0.2, -0.15) is 0 Å². The third-order valence-corrected chi connectivity index (χ3v) is 5.13. The van der Waals surface area contributed by atoms with Crippen molar-refractivity contribution in [2.24, 2.45) is 0 Å². The smallest absolute Gasteiger partial charge is 0.221 e. The summed E-state index contributed by atoms with van der Waals surface area (Å²) in [5, 5.41) is 2.90. The maximum atomic E-state index is 12.3. The van der Waals surface area contributed by atoms with Crippen molar-refractivity contribution in [1.29, 1.82) is 0 Å². The molecular formula is C19H28N2O4S. The molecule has 144 valence electrons. The first-order valence-corrected chi connectivity index (χ1v) is 10.8. The Morgan fingerprint density at radius 2 is 1.96 bits per heavy atom. The average Bonchev–Trinajstić information content (AvgIpc) is 2.61. The molecule has 0 fully saturated rings. The zero-order valence-corrected chi connectivity index (χ0v) is 16.3. The summed E-state index contributed by atoms with van der Waals surface area (Å²) in [6.07, 6.45) is 8.98. The molecule has 7 heteroatoms. The van der Waals surface area contributed by atoms with E-state index in [1.165, 1.54) is 18.4 Å². The van der Waals surface area contributed by atoms with Crippen LogP contribution in [0.1, 0.15) is 50.1 Å². The van der Waals surface area contributed by atoms with E-state index in [4.69, 9.17) is 4.74 Å². The van der Waals surface area contributed by atoms with Crippen LogP contribution in [0.4, 0.5) is 0 Å². The van der Waals surface area contributed by atoms with Gasteiger partial charge in [-0.05, 0) is 49.8 Å². The second kappa shape index (κ2) is 9.73. The molecule has 1 aromatic rings. The molecule has 0 saturated heterocycles. The first kappa shape index (κ1) is 20.5. The van der Waals surface area contributed by atoms with Crippen molar-refractivity contribution in [3.8, 4) is 5.75 Å². The zero-order chi connectivity index (χ0) is 19.0. The fourth-order valence-electron chi connectivity index (χ4n) is 3.07. The molecule has 0 saturated carbocycles. The number of methoxy groups -OCH3 is 1. The third kappa shape index (κ3) is 7.17. The van der Waals surface area contributed by atoms with Gasteiger partial charge in [-0.25, -0.2) is 13.1 Å². The number of sulfonamides is 1. The van der Waals surface area contributed by atoms with Crippen LogP contribution in [0.15, 0.2) is 35.9 Å². The van der Waals surface area contributed by atoms with Gasteiger partial charge in [0.15, 0.2) is 0 Å². The maximum Gasteiger partial charge on any atom is 0.221 e. The van der Waals surface area contributed by atoms with E-state index in [0.717, 1.165) is 31.1 Å². The van der Waals surface area contributed by atoms with Gasteiger partial charge in [0.25, 0.3) is 0 Å². The monoisotopic (exact) mass is 380 g/mol. The Kier molecular flexibility index (Phi) is 7.66. The van der Waals surface area contributed by atoms with Gasteiger partial charge in [0.05, 0.1) is 19.4 Å². The summed E-state index contributed by atoms with van der Waals surface area (Å²) in [7, 11) is -1.87. The Labute approximate surface area is 156 Å². The van der Waals surface area contributed by atoms with Crippen LogP contribution in [0.3, 0.4) is 0 Å². The van der Waals surface area contributed by atoms with Crippen LogP contribution in [-0.4, -0.2) is 34.2 Å². The van der Waals surface area contributed by atoms with E-state index < -0.39 is 16.1 Å². The van der Waals surface area contributed by atoms with Gasteiger partial charge in [-0.1, -0.05) is 23.8 Å². The lowest BCUT2D eigenvalue weighted by molar-refractivity contribution is -0.121. The summed E-state index contributed by atoms with van der Waals surface area (Å²) in [5.41, 5.74) is 2.12. The molecule has 0 spiro atoms. The van der Waals surface area contributed by atoms with Crippen LogP contribution in [0.25, 0.3) is 0 Å². The van der Waals surface area contributed by atoms with E-state index in [1.807, 2.05) is 0 Å². The van der Waals surface area contributed by atoms with Gasteiger partial charge in [0.1, 0.15) is 5.75 Å². The zero-order valence-electron chi connectivity index (χ0n) is 15.5. The second-order valence-corrected chi connectivity index (χ2v) is 8.41. The van der Waals surface area contributed by atoms with Crippen molar-refractivity contribution in [2.45, 2.75) is 44.6 Å². The van der Waals surface area contributed by atoms with Crippen LogP contribution in [-0.2, 0) is 14.8 Å². The highest BCUT2D eigenvalue weighted by Crippen LogP contribution is 2.22. The minimum Gasteiger partial charge on any atom is -0.497 e. The Bertz CT molecular complexity index is 726. The number of amides is 1. The van der Waals surface area contributed by atoms with Crippen molar-refractivity contribution >= 4 is 15.9 Å². The Morgan fingerprint density at radius 3 is 2.54 bits per heavy atom. The second-order valence-electron chi connectivity index (χ2n) is 6.63. The standard InChI is InChI=1S/C19H28N2O4S/c1-25-17-10-8-16(9-11-17)18(21-26(2,23)24)14-19(22)20-13-12-15-6-4-3-5-7-15/h6,8-11,18,21H,3-5,7,12-14H2,1-2H3,(H,20,22). The summed E-state index contributed by atoms with van der Waals surface area (Å²) >= 11 is 0. The predicted octanol–water partition coefficient (Wildman–Crippen LogP) is 2.68. The SMILES string of the molecule is COc1ccc(C(CC(=O)NCCC2=CCCCC2)NS(C)(=O)=O)cc1. The number of benzene rings is 1. The Hall–Kier alpha value is -1.86. The average molecular weight is 381 g/mol. The minimum absolute atomic E-state index is 0.0540. The van der Waals surface area contributed by atoms with E-state index in [2.05, 4.69) is 16.1 Å². The fraction of sp³-hybridized carbons (Fsp3) is 0.526. The molecule has 0 radical (unpaired) electrons. The summed E-state index contributed by atoms with van der Waals surface area (Å²) in [6, 6.07) is 6.42. The fourth-order valence-corrected chi connectivity index (χ4v) is 3.81.